The zero-order chi connectivity index (χ0) is 23.4. The van der Waals surface area contributed by atoms with Crippen molar-refractivity contribution in [3.8, 4) is 0 Å². The van der Waals surface area contributed by atoms with Gasteiger partial charge in [0.15, 0.2) is 5.82 Å². The first-order chi connectivity index (χ1) is 16.4. The molecule has 0 saturated heterocycles. The van der Waals surface area contributed by atoms with Crippen molar-refractivity contribution in [1.82, 2.24) is 19.6 Å². The van der Waals surface area contributed by atoms with Gasteiger partial charge in [-0.2, -0.15) is 4.98 Å². The Labute approximate surface area is 194 Å². The minimum absolute atomic E-state index is 0.0314. The Morgan fingerprint density at radius 2 is 2.03 bits per heavy atom. The molecular formula is C24H22N8O2. The van der Waals surface area contributed by atoms with Crippen LogP contribution in [0.2, 0.25) is 0 Å². The van der Waals surface area contributed by atoms with Crippen molar-refractivity contribution in [2.45, 2.75) is 25.7 Å². The lowest BCUT2D eigenvalue weighted by molar-refractivity contribution is -0.119. The molecule has 4 N–H and O–H groups in total. The van der Waals surface area contributed by atoms with Gasteiger partial charge in [0.05, 0.1) is 5.41 Å². The minimum atomic E-state index is -0.567. The first-order valence-corrected chi connectivity index (χ1v) is 11.0. The summed E-state index contributed by atoms with van der Waals surface area (Å²) in [6.07, 6.45) is 4.17. The summed E-state index contributed by atoms with van der Waals surface area (Å²) in [6.45, 7) is 4.67. The number of aromatic nitrogens is 4. The number of nitrogens with one attached hydrogen (secondary N) is 4. The Morgan fingerprint density at radius 1 is 1.15 bits per heavy atom. The second kappa shape index (κ2) is 7.27. The highest BCUT2D eigenvalue weighted by atomic mass is 16.2. The molecule has 6 rings (SSSR count). The molecule has 0 radical (unpaired) electrons. The van der Waals surface area contributed by atoms with E-state index in [0.717, 1.165) is 35.6 Å². The lowest BCUT2D eigenvalue weighted by atomic mass is 9.86. The first-order valence-electron chi connectivity index (χ1n) is 11.0. The van der Waals surface area contributed by atoms with E-state index in [4.69, 9.17) is 0 Å². The van der Waals surface area contributed by atoms with Crippen molar-refractivity contribution in [2.24, 2.45) is 0 Å². The van der Waals surface area contributed by atoms with Crippen LogP contribution >= 0.6 is 0 Å². The molecular weight excluding hydrogens is 432 g/mol. The number of fused-ring (bicyclic) bond motifs is 3. The summed E-state index contributed by atoms with van der Waals surface area (Å²) in [5.74, 6) is 0.348. The monoisotopic (exact) mass is 454 g/mol. The van der Waals surface area contributed by atoms with E-state index in [1.54, 1.807) is 16.9 Å². The maximum Gasteiger partial charge on any atom is 0.256 e. The van der Waals surface area contributed by atoms with E-state index in [9.17, 15) is 9.59 Å². The van der Waals surface area contributed by atoms with Crippen LogP contribution in [-0.2, 0) is 16.6 Å². The molecule has 4 aromatic rings. The van der Waals surface area contributed by atoms with Crippen molar-refractivity contribution in [1.29, 1.82) is 0 Å². The molecule has 0 saturated carbocycles. The Morgan fingerprint density at radius 3 is 2.91 bits per heavy atom. The van der Waals surface area contributed by atoms with Crippen molar-refractivity contribution in [2.75, 3.05) is 27.8 Å². The number of carbonyl (C=O) groups is 2. The molecule has 0 atom stereocenters. The van der Waals surface area contributed by atoms with Crippen LogP contribution < -0.4 is 21.3 Å². The summed E-state index contributed by atoms with van der Waals surface area (Å²) >= 11 is 0. The number of rotatable bonds is 4. The Kier molecular flexibility index (Phi) is 4.31. The predicted molar refractivity (Wildman–Crippen MR) is 129 cm³/mol. The fourth-order valence-electron chi connectivity index (χ4n) is 4.37. The van der Waals surface area contributed by atoms with Crippen LogP contribution in [-0.4, -0.2) is 37.9 Å². The largest absolute Gasteiger partial charge is 0.384 e. The molecule has 0 unspecified atom stereocenters. The van der Waals surface area contributed by atoms with Crippen LogP contribution in [0, 0.1) is 0 Å². The smallest absolute Gasteiger partial charge is 0.256 e. The van der Waals surface area contributed by atoms with Crippen LogP contribution in [0.5, 0.6) is 0 Å². The highest BCUT2D eigenvalue weighted by Gasteiger charge is 2.38. The lowest BCUT2D eigenvalue weighted by Crippen LogP contribution is -2.26. The quantitative estimate of drug-likeness (QED) is 0.373. The third-order valence-electron chi connectivity index (χ3n) is 6.33. The number of hydrogen-bond donors (Lipinski definition) is 4. The zero-order valence-electron chi connectivity index (χ0n) is 18.6. The van der Waals surface area contributed by atoms with E-state index in [2.05, 4.69) is 36.3 Å². The number of carbonyl (C=O) groups excluding carboxylic acids is 2. The average Bonchev–Trinajstić information content (AvgIpc) is 3.50. The molecule has 34 heavy (non-hydrogen) atoms. The van der Waals surface area contributed by atoms with Crippen molar-refractivity contribution >= 4 is 46.3 Å². The second-order valence-corrected chi connectivity index (χ2v) is 8.95. The molecule has 2 aliphatic heterocycles. The van der Waals surface area contributed by atoms with Crippen LogP contribution in [0.1, 0.15) is 35.3 Å². The van der Waals surface area contributed by atoms with Crippen LogP contribution in [0.3, 0.4) is 0 Å². The van der Waals surface area contributed by atoms with Gasteiger partial charge in [0.2, 0.25) is 17.5 Å². The molecule has 0 fully saturated rings. The fraction of sp³-hybridized carbons (Fsp3) is 0.208. The van der Waals surface area contributed by atoms with Gasteiger partial charge in [-0.25, -0.2) is 9.50 Å². The van der Waals surface area contributed by atoms with E-state index in [1.807, 2.05) is 50.2 Å². The van der Waals surface area contributed by atoms with E-state index in [1.165, 1.54) is 5.56 Å². The van der Waals surface area contributed by atoms with Gasteiger partial charge in [-0.3, -0.25) is 9.59 Å². The minimum Gasteiger partial charge on any atom is -0.384 e. The molecule has 0 aliphatic carbocycles. The predicted octanol–water partition coefficient (Wildman–Crippen LogP) is 3.32. The molecule has 2 aromatic heterocycles. The summed E-state index contributed by atoms with van der Waals surface area (Å²) in [7, 11) is 0. The molecule has 10 heteroatoms. The topological polar surface area (TPSA) is 125 Å². The highest BCUT2D eigenvalue weighted by molar-refractivity contribution is 6.07. The number of anilines is 5. The van der Waals surface area contributed by atoms with Crippen LogP contribution in [0.15, 0.2) is 48.8 Å². The van der Waals surface area contributed by atoms with Crippen molar-refractivity contribution in [3.05, 3.63) is 65.5 Å². The molecule has 2 amide bonds. The fourth-order valence-corrected chi connectivity index (χ4v) is 4.37. The van der Waals surface area contributed by atoms with E-state index in [-0.39, 0.29) is 11.8 Å². The molecule has 4 heterocycles. The van der Waals surface area contributed by atoms with Gasteiger partial charge in [0.1, 0.15) is 0 Å². The van der Waals surface area contributed by atoms with Crippen molar-refractivity contribution in [3.63, 3.8) is 0 Å². The number of benzene rings is 2. The molecule has 170 valence electrons. The van der Waals surface area contributed by atoms with Crippen LogP contribution in [0.25, 0.3) is 5.65 Å². The third-order valence-corrected chi connectivity index (χ3v) is 6.33. The van der Waals surface area contributed by atoms with Gasteiger partial charge in [0, 0.05) is 41.6 Å². The number of amides is 2. The Hall–Kier alpha value is -4.47. The molecule has 2 aromatic carbocycles. The van der Waals surface area contributed by atoms with E-state index < -0.39 is 5.41 Å². The maximum absolute atomic E-state index is 12.9. The van der Waals surface area contributed by atoms with Crippen LogP contribution in [0.4, 0.5) is 28.8 Å². The van der Waals surface area contributed by atoms with Crippen molar-refractivity contribution < 1.29 is 9.59 Å². The highest BCUT2D eigenvalue weighted by Crippen LogP contribution is 2.39. The molecule has 0 spiro atoms. The summed E-state index contributed by atoms with van der Waals surface area (Å²) in [5, 5.41) is 16.6. The number of hydrogen-bond acceptors (Lipinski definition) is 7. The summed E-state index contributed by atoms with van der Waals surface area (Å²) < 4.78 is 1.55. The van der Waals surface area contributed by atoms with Gasteiger partial charge in [-0.15, -0.1) is 5.10 Å². The standard InChI is InChI=1S/C24H22N8O2/c1-24(2)16-6-5-15(12-18(16)28-22(24)34)27-23-30-20-19(26-9-10-32(20)31-23)29-21(33)14-4-3-13-7-8-25-17(13)11-14/h3-6,9-12,25H,7-8H2,1-2H3,(H,27,31)(H,28,34)(H,26,29,33). The zero-order valence-corrected chi connectivity index (χ0v) is 18.6. The SMILES string of the molecule is CC1(C)C(=O)Nc2cc(Nc3nc4c(NC(=O)c5ccc6c(c5)NCC6)nccn4n3)ccc21. The van der Waals surface area contributed by atoms with Gasteiger partial charge >= 0.3 is 0 Å². The van der Waals surface area contributed by atoms with E-state index in [0.29, 0.717) is 23.0 Å². The summed E-state index contributed by atoms with van der Waals surface area (Å²) in [4.78, 5) is 33.9. The molecule has 0 bridgehead atoms. The van der Waals surface area contributed by atoms with Gasteiger partial charge in [-0.1, -0.05) is 12.1 Å². The average molecular weight is 454 g/mol. The normalized spacial score (nSPS) is 15.4. The lowest BCUT2D eigenvalue weighted by Gasteiger charge is -2.14. The summed E-state index contributed by atoms with van der Waals surface area (Å²) in [6, 6.07) is 11.3. The molecule has 10 nitrogen and oxygen atoms in total. The summed E-state index contributed by atoms with van der Waals surface area (Å²) in [5.41, 5.74) is 5.02. The third kappa shape index (κ3) is 3.22. The molecule has 2 aliphatic rings. The number of nitrogens with zero attached hydrogens (tertiary/aromatic N) is 4. The van der Waals surface area contributed by atoms with Gasteiger partial charge in [0.25, 0.3) is 5.91 Å². The van der Waals surface area contributed by atoms with E-state index >= 15 is 0 Å². The Bertz CT molecular complexity index is 1490. The maximum atomic E-state index is 12.9. The second-order valence-electron chi connectivity index (χ2n) is 8.95. The Balaban J connectivity index is 1.25. The van der Waals surface area contributed by atoms with Gasteiger partial charge < -0.3 is 21.3 Å². The first kappa shape index (κ1) is 20.2. The van der Waals surface area contributed by atoms with Gasteiger partial charge in [-0.05, 0) is 55.7 Å².